The maximum absolute atomic E-state index is 13.0. The Morgan fingerprint density at radius 2 is 1.64 bits per heavy atom. The molecule has 0 aliphatic carbocycles. The monoisotopic (exact) mass is 390 g/mol. The number of carbonyl (C=O) groups excluding carboxylic acids is 2. The van der Waals surface area contributed by atoms with Crippen LogP contribution >= 0.6 is 0 Å². The van der Waals surface area contributed by atoms with Crippen molar-refractivity contribution in [3.8, 4) is 0 Å². The number of benzene rings is 1. The van der Waals surface area contributed by atoms with Crippen molar-refractivity contribution in [1.82, 2.24) is 20.0 Å². The summed E-state index contributed by atoms with van der Waals surface area (Å²) >= 11 is 0. The molecular formula is C21H31FN4O2. The maximum atomic E-state index is 13.0. The van der Waals surface area contributed by atoms with Gasteiger partial charge in [-0.15, -0.1) is 0 Å². The van der Waals surface area contributed by atoms with E-state index >= 15 is 0 Å². The fourth-order valence-electron chi connectivity index (χ4n) is 4.04. The summed E-state index contributed by atoms with van der Waals surface area (Å²) in [4.78, 5) is 30.4. The summed E-state index contributed by atoms with van der Waals surface area (Å²) in [5.74, 6) is -0.0115. The number of piperidine rings is 2. The summed E-state index contributed by atoms with van der Waals surface area (Å²) < 4.78 is 13.0. The van der Waals surface area contributed by atoms with Crippen molar-refractivity contribution in [3.63, 3.8) is 0 Å². The van der Waals surface area contributed by atoms with Gasteiger partial charge in [0.1, 0.15) is 5.82 Å². The van der Waals surface area contributed by atoms with Crippen LogP contribution in [-0.4, -0.2) is 73.0 Å². The molecule has 3 rings (SSSR count). The lowest BCUT2D eigenvalue weighted by Gasteiger charge is -2.36. The summed E-state index contributed by atoms with van der Waals surface area (Å²) in [5.41, 5.74) is 1.11. The van der Waals surface area contributed by atoms with Gasteiger partial charge in [-0.1, -0.05) is 12.1 Å². The van der Waals surface area contributed by atoms with E-state index in [1.165, 1.54) is 12.1 Å². The summed E-state index contributed by atoms with van der Waals surface area (Å²) in [6.45, 7) is 3.93. The van der Waals surface area contributed by atoms with Gasteiger partial charge in [-0.2, -0.15) is 0 Å². The fraction of sp³-hybridized carbons (Fsp3) is 0.619. The number of hydrogen-bond donors (Lipinski definition) is 1. The van der Waals surface area contributed by atoms with Crippen LogP contribution in [0.5, 0.6) is 0 Å². The highest BCUT2D eigenvalue weighted by atomic mass is 19.1. The van der Waals surface area contributed by atoms with Crippen LogP contribution in [0.25, 0.3) is 0 Å². The largest absolute Gasteiger partial charge is 0.349 e. The van der Waals surface area contributed by atoms with Crippen molar-refractivity contribution in [1.29, 1.82) is 0 Å². The summed E-state index contributed by atoms with van der Waals surface area (Å²) in [7, 11) is 3.56. The first-order valence-electron chi connectivity index (χ1n) is 10.2. The molecule has 2 aliphatic rings. The highest BCUT2D eigenvalue weighted by Crippen LogP contribution is 2.20. The first kappa shape index (κ1) is 20.6. The number of nitrogens with zero attached hydrogens (tertiary/aromatic N) is 3. The van der Waals surface area contributed by atoms with Gasteiger partial charge < -0.3 is 15.1 Å². The van der Waals surface area contributed by atoms with Crippen LogP contribution in [0, 0.1) is 11.7 Å². The van der Waals surface area contributed by atoms with Crippen LogP contribution in [0.1, 0.15) is 31.2 Å². The molecule has 0 spiro atoms. The Kier molecular flexibility index (Phi) is 6.88. The Bertz CT molecular complexity index is 663. The van der Waals surface area contributed by atoms with Crippen molar-refractivity contribution in [2.24, 2.45) is 5.92 Å². The molecule has 6 nitrogen and oxygen atoms in total. The number of amides is 3. The van der Waals surface area contributed by atoms with Gasteiger partial charge in [0.2, 0.25) is 5.91 Å². The smallest absolute Gasteiger partial charge is 0.317 e. The molecular weight excluding hydrogens is 359 g/mol. The number of carbonyl (C=O) groups is 2. The lowest BCUT2D eigenvalue weighted by atomic mass is 9.95. The van der Waals surface area contributed by atoms with Gasteiger partial charge in [0.05, 0.1) is 0 Å². The third-order valence-corrected chi connectivity index (χ3v) is 5.81. The summed E-state index contributed by atoms with van der Waals surface area (Å²) in [5, 5.41) is 3.16. The number of hydrogen-bond acceptors (Lipinski definition) is 3. The molecule has 28 heavy (non-hydrogen) atoms. The first-order valence-corrected chi connectivity index (χ1v) is 10.2. The average Bonchev–Trinajstić information content (AvgIpc) is 2.70. The van der Waals surface area contributed by atoms with Gasteiger partial charge in [0.15, 0.2) is 0 Å². The topological polar surface area (TPSA) is 55.9 Å². The van der Waals surface area contributed by atoms with E-state index in [0.29, 0.717) is 13.1 Å². The Morgan fingerprint density at radius 3 is 2.21 bits per heavy atom. The van der Waals surface area contributed by atoms with Crippen LogP contribution in [0.3, 0.4) is 0 Å². The first-order chi connectivity index (χ1) is 13.4. The number of likely N-dealkylation sites (tertiary alicyclic amines) is 2. The van der Waals surface area contributed by atoms with Crippen LogP contribution in [0.2, 0.25) is 0 Å². The molecule has 0 unspecified atom stereocenters. The molecule has 2 heterocycles. The van der Waals surface area contributed by atoms with E-state index in [1.807, 2.05) is 17.0 Å². The minimum atomic E-state index is -0.208. The Hall–Kier alpha value is -2.15. The van der Waals surface area contributed by atoms with E-state index in [2.05, 4.69) is 10.2 Å². The second-order valence-corrected chi connectivity index (χ2v) is 8.12. The highest BCUT2D eigenvalue weighted by molar-refractivity contribution is 5.79. The second kappa shape index (κ2) is 9.37. The molecule has 0 aromatic heterocycles. The Morgan fingerprint density at radius 1 is 1.04 bits per heavy atom. The van der Waals surface area contributed by atoms with Crippen molar-refractivity contribution < 1.29 is 14.0 Å². The molecule has 1 aromatic carbocycles. The lowest BCUT2D eigenvalue weighted by molar-refractivity contribution is -0.134. The molecule has 154 valence electrons. The minimum absolute atomic E-state index is 0.00673. The molecule has 3 amide bonds. The third-order valence-electron chi connectivity index (χ3n) is 5.81. The van der Waals surface area contributed by atoms with E-state index in [4.69, 9.17) is 0 Å². The summed E-state index contributed by atoms with van der Waals surface area (Å²) in [6.07, 6.45) is 3.31. The maximum Gasteiger partial charge on any atom is 0.317 e. The van der Waals surface area contributed by atoms with Gasteiger partial charge in [0, 0.05) is 58.8 Å². The molecule has 7 heteroatoms. The highest BCUT2D eigenvalue weighted by Gasteiger charge is 2.29. The zero-order chi connectivity index (χ0) is 20.1. The Labute approximate surface area is 166 Å². The normalized spacial score (nSPS) is 19.5. The zero-order valence-electron chi connectivity index (χ0n) is 16.9. The third kappa shape index (κ3) is 5.44. The van der Waals surface area contributed by atoms with E-state index in [0.717, 1.165) is 50.9 Å². The molecule has 1 aromatic rings. The molecule has 2 fully saturated rings. The number of halogens is 1. The minimum Gasteiger partial charge on any atom is -0.349 e. The van der Waals surface area contributed by atoms with Gasteiger partial charge in [-0.25, -0.2) is 9.18 Å². The molecule has 0 radical (unpaired) electrons. The summed E-state index contributed by atoms with van der Waals surface area (Å²) in [6, 6.07) is 6.84. The molecule has 0 saturated carbocycles. The van der Waals surface area contributed by atoms with E-state index in [1.54, 1.807) is 19.0 Å². The second-order valence-electron chi connectivity index (χ2n) is 8.12. The van der Waals surface area contributed by atoms with Crippen molar-refractivity contribution >= 4 is 11.9 Å². The SMILES string of the molecule is CN(C)C(=O)C1CCN(C(=O)NC2CCN(Cc3ccc(F)cc3)CC2)CC1. The number of urea groups is 1. The van der Waals surface area contributed by atoms with Crippen LogP contribution in [0.4, 0.5) is 9.18 Å². The molecule has 0 bridgehead atoms. The zero-order valence-corrected chi connectivity index (χ0v) is 16.9. The van der Waals surface area contributed by atoms with Gasteiger partial charge in [0.25, 0.3) is 0 Å². The molecule has 2 aliphatic heterocycles. The van der Waals surface area contributed by atoms with E-state index in [9.17, 15) is 14.0 Å². The van der Waals surface area contributed by atoms with E-state index in [-0.39, 0.29) is 29.7 Å². The average molecular weight is 391 g/mol. The van der Waals surface area contributed by atoms with Crippen molar-refractivity contribution in [2.75, 3.05) is 40.3 Å². The fourth-order valence-corrected chi connectivity index (χ4v) is 4.04. The standard InChI is InChI=1S/C21H31FN4O2/c1-24(2)20(27)17-7-13-26(14-8-17)21(28)23-19-9-11-25(12-10-19)15-16-3-5-18(22)6-4-16/h3-6,17,19H,7-15H2,1-2H3,(H,23,28). The van der Waals surface area contributed by atoms with E-state index < -0.39 is 0 Å². The molecule has 0 atom stereocenters. The predicted molar refractivity (Wildman–Crippen MR) is 106 cm³/mol. The molecule has 2 saturated heterocycles. The molecule has 1 N–H and O–H groups in total. The Balaban J connectivity index is 1.38. The van der Waals surface area contributed by atoms with Gasteiger partial charge >= 0.3 is 6.03 Å². The lowest BCUT2D eigenvalue weighted by Crippen LogP contribution is -2.51. The van der Waals surface area contributed by atoms with Gasteiger partial charge in [-0.3, -0.25) is 9.69 Å². The van der Waals surface area contributed by atoms with Crippen molar-refractivity contribution in [2.45, 2.75) is 38.3 Å². The van der Waals surface area contributed by atoms with Crippen LogP contribution < -0.4 is 5.32 Å². The van der Waals surface area contributed by atoms with Gasteiger partial charge in [-0.05, 0) is 43.4 Å². The van der Waals surface area contributed by atoms with Crippen LogP contribution in [-0.2, 0) is 11.3 Å². The quantitative estimate of drug-likeness (QED) is 0.858. The van der Waals surface area contributed by atoms with Crippen molar-refractivity contribution in [3.05, 3.63) is 35.6 Å². The number of rotatable bonds is 4. The predicted octanol–water partition coefficient (Wildman–Crippen LogP) is 2.30. The van der Waals surface area contributed by atoms with Crippen LogP contribution in [0.15, 0.2) is 24.3 Å². The number of nitrogens with one attached hydrogen (secondary N) is 1.